The molecule has 130 valence electrons. The highest BCUT2D eigenvalue weighted by atomic mass is 16.6. The van der Waals surface area contributed by atoms with Gasteiger partial charge in [-0.3, -0.25) is 14.9 Å². The Morgan fingerprint density at radius 2 is 1.84 bits per heavy atom. The van der Waals surface area contributed by atoms with Gasteiger partial charge in [-0.05, 0) is 18.6 Å². The lowest BCUT2D eigenvalue weighted by Gasteiger charge is -2.17. The lowest BCUT2D eigenvalue weighted by Crippen LogP contribution is -2.30. The van der Waals surface area contributed by atoms with E-state index in [1.165, 1.54) is 23.1 Å². The molecule has 7 nitrogen and oxygen atoms in total. The smallest absolute Gasteiger partial charge is 0.338 e. The van der Waals surface area contributed by atoms with Gasteiger partial charge in [0.1, 0.15) is 0 Å². The van der Waals surface area contributed by atoms with Crippen LogP contribution in [-0.4, -0.2) is 35.4 Å². The monoisotopic (exact) mass is 342 g/mol. The van der Waals surface area contributed by atoms with E-state index >= 15 is 0 Å². The van der Waals surface area contributed by atoms with E-state index in [4.69, 9.17) is 4.74 Å². The number of aryl methyl sites for hydroxylation is 1. The molecule has 0 spiro atoms. The highest BCUT2D eigenvalue weighted by molar-refractivity contribution is 5.91. The highest BCUT2D eigenvalue weighted by Gasteiger charge is 2.16. The molecule has 0 aliphatic rings. The zero-order valence-corrected chi connectivity index (χ0v) is 14.0. The van der Waals surface area contributed by atoms with Crippen molar-refractivity contribution >= 4 is 17.6 Å². The summed E-state index contributed by atoms with van der Waals surface area (Å²) in [7, 11) is 1.61. The summed E-state index contributed by atoms with van der Waals surface area (Å²) in [6, 6.07) is 12.9. The zero-order chi connectivity index (χ0) is 18.4. The molecule has 2 rings (SSSR count). The lowest BCUT2D eigenvalue weighted by molar-refractivity contribution is -0.384. The molecular formula is C18H18N2O5. The van der Waals surface area contributed by atoms with Crippen molar-refractivity contribution in [3.8, 4) is 0 Å². The van der Waals surface area contributed by atoms with E-state index < -0.39 is 17.5 Å². The standard InChI is InChI=1S/C18H18N2O5/c1-13-6-8-14(9-7-13)11-19(2)17(21)12-25-18(22)15-4-3-5-16(10-15)20(23)24/h3-10H,11-12H2,1-2H3. The van der Waals surface area contributed by atoms with Gasteiger partial charge in [0, 0.05) is 25.7 Å². The van der Waals surface area contributed by atoms with Crippen LogP contribution in [0, 0.1) is 17.0 Å². The molecule has 0 fully saturated rings. The van der Waals surface area contributed by atoms with Crippen LogP contribution in [0.5, 0.6) is 0 Å². The maximum atomic E-state index is 12.1. The third-order valence-corrected chi connectivity index (χ3v) is 3.59. The number of hydrogen-bond donors (Lipinski definition) is 0. The molecule has 2 aromatic carbocycles. The molecule has 0 aliphatic heterocycles. The van der Waals surface area contributed by atoms with Crippen LogP contribution >= 0.6 is 0 Å². The number of esters is 1. The van der Waals surface area contributed by atoms with Crippen LogP contribution in [0.25, 0.3) is 0 Å². The Labute approximate surface area is 145 Å². The maximum absolute atomic E-state index is 12.1. The molecular weight excluding hydrogens is 324 g/mol. The molecule has 0 heterocycles. The maximum Gasteiger partial charge on any atom is 0.338 e. The second kappa shape index (κ2) is 8.05. The van der Waals surface area contributed by atoms with Gasteiger partial charge in [-0.15, -0.1) is 0 Å². The van der Waals surface area contributed by atoms with E-state index in [1.807, 2.05) is 31.2 Å². The zero-order valence-electron chi connectivity index (χ0n) is 14.0. The predicted octanol–water partition coefficient (Wildman–Crippen LogP) is 2.72. The van der Waals surface area contributed by atoms with E-state index in [9.17, 15) is 19.7 Å². The number of hydrogen-bond acceptors (Lipinski definition) is 5. The number of carbonyl (C=O) groups is 2. The third-order valence-electron chi connectivity index (χ3n) is 3.59. The predicted molar refractivity (Wildman–Crippen MR) is 91.0 cm³/mol. The Hall–Kier alpha value is -3.22. The molecule has 0 atom stereocenters. The van der Waals surface area contributed by atoms with Crippen LogP contribution in [0.2, 0.25) is 0 Å². The van der Waals surface area contributed by atoms with Gasteiger partial charge in [-0.25, -0.2) is 4.79 Å². The molecule has 2 aromatic rings. The van der Waals surface area contributed by atoms with E-state index in [-0.39, 0.29) is 17.2 Å². The summed E-state index contributed by atoms with van der Waals surface area (Å²) in [6.45, 7) is 1.95. The second-order valence-corrected chi connectivity index (χ2v) is 5.62. The van der Waals surface area contributed by atoms with Crippen LogP contribution in [0.1, 0.15) is 21.5 Å². The van der Waals surface area contributed by atoms with Crippen molar-refractivity contribution in [1.82, 2.24) is 4.90 Å². The first-order valence-corrected chi connectivity index (χ1v) is 7.58. The summed E-state index contributed by atoms with van der Waals surface area (Å²) in [5.41, 5.74) is 1.91. The molecule has 0 saturated carbocycles. The summed E-state index contributed by atoms with van der Waals surface area (Å²) in [4.78, 5) is 35.6. The van der Waals surface area contributed by atoms with E-state index in [1.54, 1.807) is 7.05 Å². The Morgan fingerprint density at radius 3 is 2.48 bits per heavy atom. The van der Waals surface area contributed by atoms with Crippen molar-refractivity contribution in [2.24, 2.45) is 0 Å². The molecule has 0 saturated heterocycles. The average molecular weight is 342 g/mol. The Morgan fingerprint density at radius 1 is 1.16 bits per heavy atom. The van der Waals surface area contributed by atoms with Crippen molar-refractivity contribution in [3.63, 3.8) is 0 Å². The molecule has 1 amide bonds. The first-order chi connectivity index (χ1) is 11.9. The fourth-order valence-electron chi connectivity index (χ4n) is 2.12. The Kier molecular flexibility index (Phi) is 5.84. The summed E-state index contributed by atoms with van der Waals surface area (Å²) in [5, 5.41) is 10.7. The van der Waals surface area contributed by atoms with Gasteiger partial charge in [-0.1, -0.05) is 35.9 Å². The average Bonchev–Trinajstić information content (AvgIpc) is 2.61. The van der Waals surface area contributed by atoms with E-state index in [0.717, 1.165) is 17.2 Å². The molecule has 0 unspecified atom stereocenters. The highest BCUT2D eigenvalue weighted by Crippen LogP contribution is 2.14. The number of carbonyl (C=O) groups excluding carboxylic acids is 2. The molecule has 0 radical (unpaired) electrons. The largest absolute Gasteiger partial charge is 0.452 e. The van der Waals surface area contributed by atoms with E-state index in [2.05, 4.69) is 0 Å². The van der Waals surface area contributed by atoms with Gasteiger partial charge in [0.15, 0.2) is 6.61 Å². The number of nitrogens with zero attached hydrogens (tertiary/aromatic N) is 2. The second-order valence-electron chi connectivity index (χ2n) is 5.62. The molecule has 0 bridgehead atoms. The third kappa shape index (κ3) is 5.13. The minimum absolute atomic E-state index is 0.0307. The number of rotatable bonds is 6. The van der Waals surface area contributed by atoms with Crippen LogP contribution in [-0.2, 0) is 16.1 Å². The number of amides is 1. The first-order valence-electron chi connectivity index (χ1n) is 7.58. The summed E-state index contributed by atoms with van der Waals surface area (Å²) in [6.07, 6.45) is 0. The van der Waals surface area contributed by atoms with E-state index in [0.29, 0.717) is 6.54 Å². The number of benzene rings is 2. The summed E-state index contributed by atoms with van der Waals surface area (Å²) in [5.74, 6) is -1.14. The Balaban J connectivity index is 1.90. The van der Waals surface area contributed by atoms with Crippen molar-refractivity contribution < 1.29 is 19.2 Å². The van der Waals surface area contributed by atoms with Crippen molar-refractivity contribution in [1.29, 1.82) is 0 Å². The van der Waals surface area contributed by atoms with Crippen molar-refractivity contribution in [2.75, 3.05) is 13.7 Å². The molecule has 0 N–H and O–H groups in total. The van der Waals surface area contributed by atoms with Gasteiger partial charge in [0.05, 0.1) is 10.5 Å². The van der Waals surface area contributed by atoms with Crippen LogP contribution in [0.15, 0.2) is 48.5 Å². The van der Waals surface area contributed by atoms with Crippen LogP contribution < -0.4 is 0 Å². The number of nitro groups is 1. The molecule has 0 aliphatic carbocycles. The number of likely N-dealkylation sites (N-methyl/N-ethyl adjacent to an activating group) is 1. The van der Waals surface area contributed by atoms with Gasteiger partial charge in [-0.2, -0.15) is 0 Å². The molecule has 0 aromatic heterocycles. The fraction of sp³-hybridized carbons (Fsp3) is 0.222. The Bertz CT molecular complexity index is 786. The number of ether oxygens (including phenoxy) is 1. The minimum Gasteiger partial charge on any atom is -0.452 e. The van der Waals surface area contributed by atoms with Gasteiger partial charge in [0.2, 0.25) is 0 Å². The summed E-state index contributed by atoms with van der Waals surface area (Å²) >= 11 is 0. The van der Waals surface area contributed by atoms with Gasteiger partial charge >= 0.3 is 5.97 Å². The summed E-state index contributed by atoms with van der Waals surface area (Å²) < 4.78 is 4.95. The van der Waals surface area contributed by atoms with Gasteiger partial charge < -0.3 is 9.64 Å². The van der Waals surface area contributed by atoms with Crippen molar-refractivity contribution in [3.05, 3.63) is 75.3 Å². The normalized spacial score (nSPS) is 10.2. The van der Waals surface area contributed by atoms with Crippen LogP contribution in [0.4, 0.5) is 5.69 Å². The number of non-ortho nitro benzene ring substituents is 1. The molecule has 7 heteroatoms. The fourth-order valence-corrected chi connectivity index (χ4v) is 2.12. The topological polar surface area (TPSA) is 89.8 Å². The van der Waals surface area contributed by atoms with Gasteiger partial charge in [0.25, 0.3) is 11.6 Å². The quantitative estimate of drug-likeness (QED) is 0.457. The number of nitro benzene ring substituents is 1. The van der Waals surface area contributed by atoms with Crippen molar-refractivity contribution in [2.45, 2.75) is 13.5 Å². The molecule has 25 heavy (non-hydrogen) atoms. The lowest BCUT2D eigenvalue weighted by atomic mass is 10.1. The minimum atomic E-state index is -0.777. The van der Waals surface area contributed by atoms with Crippen LogP contribution in [0.3, 0.4) is 0 Å². The SMILES string of the molecule is Cc1ccc(CN(C)C(=O)COC(=O)c2cccc([N+](=O)[O-])c2)cc1. The first kappa shape index (κ1) is 18.1.